The number of ether oxygens (including phenoxy) is 1. The number of carbonyl (C=O) groups excluding carboxylic acids is 3. The Morgan fingerprint density at radius 1 is 1.32 bits per heavy atom. The Morgan fingerprint density at radius 3 is 2.68 bits per heavy atom. The Labute approximate surface area is 156 Å². The number of nitrogens with one attached hydrogen (secondary N) is 1. The van der Waals surface area contributed by atoms with Crippen LogP contribution in [-0.4, -0.2) is 34.9 Å². The second-order valence-electron chi connectivity index (χ2n) is 6.15. The minimum absolute atomic E-state index is 0.0639. The molecule has 1 N–H and O–H groups in total. The van der Waals surface area contributed by atoms with Crippen LogP contribution in [0.2, 0.25) is 10.0 Å². The van der Waals surface area contributed by atoms with Crippen molar-refractivity contribution in [2.24, 2.45) is 0 Å². The number of esters is 1. The molecule has 0 aliphatic carbocycles. The number of carbonyl (C=O) groups is 3. The second-order valence-corrected chi connectivity index (χ2v) is 7.00. The second kappa shape index (κ2) is 8.06. The molecule has 25 heavy (non-hydrogen) atoms. The molecule has 6 nitrogen and oxygen atoms in total. The first kappa shape index (κ1) is 19.5. The first-order valence-electron chi connectivity index (χ1n) is 8.00. The number of urea groups is 1. The van der Waals surface area contributed by atoms with E-state index in [2.05, 4.69) is 5.32 Å². The van der Waals surface area contributed by atoms with Gasteiger partial charge in [0.1, 0.15) is 18.7 Å². The minimum Gasteiger partial charge on any atom is -0.459 e. The number of hydrogen-bond donors (Lipinski definition) is 1. The highest BCUT2D eigenvalue weighted by Crippen LogP contribution is 2.24. The number of hydrogen-bond acceptors (Lipinski definition) is 4. The van der Waals surface area contributed by atoms with Crippen molar-refractivity contribution in [2.45, 2.75) is 45.3 Å². The summed E-state index contributed by atoms with van der Waals surface area (Å²) in [6.45, 7) is 3.17. The number of rotatable bonds is 7. The van der Waals surface area contributed by atoms with Gasteiger partial charge in [-0.25, -0.2) is 4.79 Å². The first-order valence-corrected chi connectivity index (χ1v) is 8.76. The maximum absolute atomic E-state index is 12.4. The lowest BCUT2D eigenvalue weighted by molar-refractivity contribution is -0.148. The lowest BCUT2D eigenvalue weighted by Crippen LogP contribution is -2.44. The van der Waals surface area contributed by atoms with Gasteiger partial charge in [0.05, 0.1) is 0 Å². The first-order chi connectivity index (χ1) is 11.8. The molecule has 0 aromatic heterocycles. The Bertz CT molecular complexity index is 695. The monoisotopic (exact) mass is 386 g/mol. The number of halogens is 2. The summed E-state index contributed by atoms with van der Waals surface area (Å²) < 4.78 is 5.12. The van der Waals surface area contributed by atoms with Crippen molar-refractivity contribution in [3.05, 3.63) is 33.8 Å². The normalized spacial score (nSPS) is 19.9. The number of unbranched alkanes of at least 4 members (excludes halogenated alkanes) is 1. The fourth-order valence-electron chi connectivity index (χ4n) is 2.56. The predicted octanol–water partition coefficient (Wildman–Crippen LogP) is 3.54. The molecule has 0 spiro atoms. The van der Waals surface area contributed by atoms with Gasteiger partial charge in [-0.3, -0.25) is 14.5 Å². The molecule has 3 amide bonds. The van der Waals surface area contributed by atoms with Crippen LogP contribution in [0.1, 0.15) is 38.7 Å². The molecular formula is C17H20Cl2N2O4. The van der Waals surface area contributed by atoms with Crippen LogP contribution in [0.15, 0.2) is 18.2 Å². The van der Waals surface area contributed by atoms with E-state index in [9.17, 15) is 14.4 Å². The molecular weight excluding hydrogens is 367 g/mol. The van der Waals surface area contributed by atoms with E-state index in [0.717, 1.165) is 17.7 Å². The third-order valence-electron chi connectivity index (χ3n) is 4.07. The minimum atomic E-state index is -0.965. The highest BCUT2D eigenvalue weighted by atomic mass is 35.5. The van der Waals surface area contributed by atoms with Crippen LogP contribution in [0.3, 0.4) is 0 Å². The SMILES string of the molecule is CCCC[C@@]1(C)NC(=O)N(CC(=O)OCc2ccc(Cl)cc2Cl)C1=O. The summed E-state index contributed by atoms with van der Waals surface area (Å²) in [5, 5.41) is 3.51. The third kappa shape index (κ3) is 4.64. The lowest BCUT2D eigenvalue weighted by Gasteiger charge is -2.21. The van der Waals surface area contributed by atoms with Crippen molar-refractivity contribution in [2.75, 3.05) is 6.54 Å². The van der Waals surface area contributed by atoms with Gasteiger partial charge >= 0.3 is 12.0 Å². The molecule has 1 atom stereocenters. The van der Waals surface area contributed by atoms with Gasteiger partial charge in [-0.2, -0.15) is 0 Å². The molecule has 0 bridgehead atoms. The van der Waals surface area contributed by atoms with Crippen molar-refractivity contribution < 1.29 is 19.1 Å². The molecule has 2 rings (SSSR count). The fraction of sp³-hybridized carbons (Fsp3) is 0.471. The van der Waals surface area contributed by atoms with Gasteiger partial charge in [0.2, 0.25) is 0 Å². The summed E-state index contributed by atoms with van der Waals surface area (Å²) in [7, 11) is 0. The highest BCUT2D eigenvalue weighted by molar-refractivity contribution is 6.35. The molecule has 1 heterocycles. The van der Waals surface area contributed by atoms with E-state index in [4.69, 9.17) is 27.9 Å². The van der Waals surface area contributed by atoms with E-state index in [1.165, 1.54) is 0 Å². The number of imide groups is 1. The van der Waals surface area contributed by atoms with Gasteiger partial charge in [0.25, 0.3) is 5.91 Å². The topological polar surface area (TPSA) is 75.7 Å². The zero-order valence-corrected chi connectivity index (χ0v) is 15.6. The fourth-order valence-corrected chi connectivity index (χ4v) is 3.03. The molecule has 0 unspecified atom stereocenters. The largest absolute Gasteiger partial charge is 0.459 e. The van der Waals surface area contributed by atoms with E-state index in [0.29, 0.717) is 22.0 Å². The Kier molecular flexibility index (Phi) is 6.30. The van der Waals surface area contributed by atoms with Crippen LogP contribution in [0.5, 0.6) is 0 Å². The van der Waals surface area contributed by atoms with E-state index >= 15 is 0 Å². The standard InChI is InChI=1S/C17H20Cl2N2O4/c1-3-4-7-17(2)15(23)21(16(24)20-17)9-14(22)25-10-11-5-6-12(18)8-13(11)19/h5-6,8H,3-4,7,9-10H2,1-2H3,(H,20,24)/t17-/m1/s1. The maximum atomic E-state index is 12.4. The Hall–Kier alpha value is -1.79. The van der Waals surface area contributed by atoms with Crippen LogP contribution < -0.4 is 5.32 Å². The van der Waals surface area contributed by atoms with E-state index in [1.54, 1.807) is 25.1 Å². The molecule has 8 heteroatoms. The molecule has 0 saturated carbocycles. The van der Waals surface area contributed by atoms with Gasteiger partial charge in [0, 0.05) is 15.6 Å². The van der Waals surface area contributed by atoms with E-state index in [1.807, 2.05) is 6.92 Å². The van der Waals surface area contributed by atoms with Crippen molar-refractivity contribution in [1.29, 1.82) is 0 Å². The predicted molar refractivity (Wildman–Crippen MR) is 94.4 cm³/mol. The van der Waals surface area contributed by atoms with E-state index < -0.39 is 30.0 Å². The molecule has 1 saturated heterocycles. The van der Waals surface area contributed by atoms with Crippen LogP contribution in [-0.2, 0) is 20.9 Å². The zero-order valence-electron chi connectivity index (χ0n) is 14.1. The van der Waals surface area contributed by atoms with Crippen LogP contribution >= 0.6 is 23.2 Å². The van der Waals surface area contributed by atoms with Gasteiger partial charge in [-0.15, -0.1) is 0 Å². The molecule has 1 aliphatic rings. The number of benzene rings is 1. The number of amides is 3. The smallest absolute Gasteiger partial charge is 0.326 e. The van der Waals surface area contributed by atoms with Gasteiger partial charge in [-0.1, -0.05) is 49.0 Å². The van der Waals surface area contributed by atoms with Crippen molar-refractivity contribution in [1.82, 2.24) is 10.2 Å². The average molecular weight is 387 g/mol. The molecule has 136 valence electrons. The molecule has 1 aliphatic heterocycles. The average Bonchev–Trinajstić information content (AvgIpc) is 2.76. The number of nitrogens with zero attached hydrogens (tertiary/aromatic N) is 1. The maximum Gasteiger partial charge on any atom is 0.326 e. The molecule has 0 radical (unpaired) electrons. The quantitative estimate of drug-likeness (QED) is 0.574. The van der Waals surface area contributed by atoms with Crippen LogP contribution in [0.25, 0.3) is 0 Å². The third-order valence-corrected chi connectivity index (χ3v) is 4.65. The summed E-state index contributed by atoms with van der Waals surface area (Å²) in [5.74, 6) is -1.10. The van der Waals surface area contributed by atoms with Crippen molar-refractivity contribution in [3.63, 3.8) is 0 Å². The van der Waals surface area contributed by atoms with Crippen LogP contribution in [0.4, 0.5) is 4.79 Å². The molecule has 1 aromatic rings. The molecule has 1 fully saturated rings. The Morgan fingerprint density at radius 2 is 2.04 bits per heavy atom. The summed E-state index contributed by atoms with van der Waals surface area (Å²) in [5.41, 5.74) is -0.378. The summed E-state index contributed by atoms with van der Waals surface area (Å²) >= 11 is 11.8. The van der Waals surface area contributed by atoms with Crippen molar-refractivity contribution in [3.8, 4) is 0 Å². The van der Waals surface area contributed by atoms with Gasteiger partial charge < -0.3 is 10.1 Å². The molecule has 1 aromatic carbocycles. The Balaban J connectivity index is 1.93. The highest BCUT2D eigenvalue weighted by Gasteiger charge is 2.47. The summed E-state index contributed by atoms with van der Waals surface area (Å²) in [6.07, 6.45) is 2.23. The van der Waals surface area contributed by atoms with Crippen LogP contribution in [0, 0.1) is 0 Å². The summed E-state index contributed by atoms with van der Waals surface area (Å²) in [4.78, 5) is 37.4. The zero-order chi connectivity index (χ0) is 18.6. The summed E-state index contributed by atoms with van der Waals surface area (Å²) in [6, 6.07) is 4.24. The lowest BCUT2D eigenvalue weighted by atomic mass is 9.95. The van der Waals surface area contributed by atoms with Gasteiger partial charge in [-0.05, 0) is 25.5 Å². The van der Waals surface area contributed by atoms with Gasteiger partial charge in [0.15, 0.2) is 0 Å². The van der Waals surface area contributed by atoms with E-state index in [-0.39, 0.29) is 6.61 Å². The van der Waals surface area contributed by atoms with Crippen molar-refractivity contribution >= 4 is 41.1 Å².